The van der Waals surface area contributed by atoms with Gasteiger partial charge in [0.2, 0.25) is 0 Å². The van der Waals surface area contributed by atoms with Gasteiger partial charge in [-0.1, -0.05) is 58.0 Å². The van der Waals surface area contributed by atoms with Crippen molar-refractivity contribution < 1.29 is 9.53 Å². The molecule has 0 heterocycles. The van der Waals surface area contributed by atoms with Crippen LogP contribution in [0.25, 0.3) is 0 Å². The number of fused-ring (bicyclic) bond motifs is 1. The maximum atomic E-state index is 12.1. The highest BCUT2D eigenvalue weighted by atomic mass is 16.5. The van der Waals surface area contributed by atoms with E-state index >= 15 is 0 Å². The van der Waals surface area contributed by atoms with Crippen LogP contribution < -0.4 is 0 Å². The van der Waals surface area contributed by atoms with Gasteiger partial charge in [-0.25, -0.2) is 0 Å². The van der Waals surface area contributed by atoms with E-state index in [1.165, 1.54) is 17.6 Å². The summed E-state index contributed by atoms with van der Waals surface area (Å²) in [5.41, 5.74) is 4.06. The Morgan fingerprint density at radius 1 is 1.26 bits per heavy atom. The van der Waals surface area contributed by atoms with Crippen LogP contribution in [0.15, 0.2) is 35.9 Å². The van der Waals surface area contributed by atoms with Crippen LogP contribution in [0, 0.1) is 17.3 Å². The lowest BCUT2D eigenvalue weighted by Gasteiger charge is -2.56. The highest BCUT2D eigenvalue weighted by molar-refractivity contribution is 5.72. The largest absolute Gasteiger partial charge is 0.461 e. The maximum Gasteiger partial charge on any atom is 0.310 e. The summed E-state index contributed by atoms with van der Waals surface area (Å²) in [5.74, 6) is 1.83. The van der Waals surface area contributed by atoms with Crippen LogP contribution in [0.2, 0.25) is 0 Å². The van der Waals surface area contributed by atoms with E-state index in [0.717, 1.165) is 17.9 Å². The molecule has 1 saturated carbocycles. The molecule has 2 heteroatoms. The van der Waals surface area contributed by atoms with E-state index in [9.17, 15) is 4.79 Å². The molecule has 0 aromatic heterocycles. The molecule has 4 rings (SSSR count). The SMILES string of the molecule is CC(C)c1ccc(CC(=O)OCC2=CCC3CC2C3(C)C)cc1. The number of hydrogen-bond acceptors (Lipinski definition) is 2. The second-order valence-electron chi connectivity index (χ2n) is 8.06. The molecule has 1 aromatic carbocycles. The molecule has 0 N–H and O–H groups in total. The highest BCUT2D eigenvalue weighted by Gasteiger charge is 2.51. The van der Waals surface area contributed by atoms with Crippen molar-refractivity contribution in [2.75, 3.05) is 6.61 Å². The Balaban J connectivity index is 1.51. The molecule has 2 bridgehead atoms. The molecule has 2 nitrogen and oxygen atoms in total. The zero-order valence-corrected chi connectivity index (χ0v) is 14.8. The zero-order valence-electron chi connectivity index (χ0n) is 14.8. The first kappa shape index (κ1) is 16.3. The summed E-state index contributed by atoms with van der Waals surface area (Å²) in [6.07, 6.45) is 5.08. The molecule has 3 aliphatic carbocycles. The van der Waals surface area contributed by atoms with Crippen molar-refractivity contribution in [3.63, 3.8) is 0 Å². The minimum absolute atomic E-state index is 0.123. The first-order valence-corrected chi connectivity index (χ1v) is 8.81. The monoisotopic (exact) mass is 312 g/mol. The van der Waals surface area contributed by atoms with Crippen molar-refractivity contribution in [2.45, 2.75) is 52.9 Å². The summed E-state index contributed by atoms with van der Waals surface area (Å²) in [4.78, 5) is 12.1. The van der Waals surface area contributed by atoms with Gasteiger partial charge in [-0.3, -0.25) is 4.79 Å². The lowest BCUT2D eigenvalue weighted by Crippen LogP contribution is -2.48. The molecule has 1 aromatic rings. The number of allylic oxidation sites excluding steroid dienone is 1. The molecular weight excluding hydrogens is 284 g/mol. The van der Waals surface area contributed by atoms with Gasteiger partial charge in [0.15, 0.2) is 0 Å². The van der Waals surface area contributed by atoms with Gasteiger partial charge in [-0.05, 0) is 52.7 Å². The third-order valence-electron chi connectivity index (χ3n) is 5.98. The second-order valence-corrected chi connectivity index (χ2v) is 8.06. The van der Waals surface area contributed by atoms with E-state index in [-0.39, 0.29) is 5.97 Å². The fourth-order valence-corrected chi connectivity index (χ4v) is 4.04. The minimum Gasteiger partial charge on any atom is -0.461 e. The topological polar surface area (TPSA) is 26.3 Å². The minimum atomic E-state index is -0.123. The lowest BCUT2D eigenvalue weighted by molar-refractivity contribution is -0.142. The molecule has 0 saturated heterocycles. The Kier molecular flexibility index (Phi) is 4.35. The fraction of sp³-hybridized carbons (Fsp3) is 0.571. The van der Waals surface area contributed by atoms with Gasteiger partial charge in [0.1, 0.15) is 6.61 Å². The van der Waals surface area contributed by atoms with Crippen LogP contribution in [0.4, 0.5) is 0 Å². The summed E-state index contributed by atoms with van der Waals surface area (Å²) < 4.78 is 5.54. The van der Waals surface area contributed by atoms with Crippen molar-refractivity contribution in [2.24, 2.45) is 17.3 Å². The first-order chi connectivity index (χ1) is 10.9. The van der Waals surface area contributed by atoms with Crippen molar-refractivity contribution in [3.8, 4) is 0 Å². The molecule has 23 heavy (non-hydrogen) atoms. The number of rotatable bonds is 5. The smallest absolute Gasteiger partial charge is 0.310 e. The van der Waals surface area contributed by atoms with Gasteiger partial charge >= 0.3 is 5.97 Å². The Labute approximate surface area is 139 Å². The predicted molar refractivity (Wildman–Crippen MR) is 93.3 cm³/mol. The predicted octanol–water partition coefficient (Wildman–Crippen LogP) is 4.89. The normalized spacial score (nSPS) is 24.8. The number of esters is 1. The molecule has 1 fully saturated rings. The summed E-state index contributed by atoms with van der Waals surface area (Å²) in [5, 5.41) is 0. The summed E-state index contributed by atoms with van der Waals surface area (Å²) in [6, 6.07) is 8.29. The third kappa shape index (κ3) is 3.22. The van der Waals surface area contributed by atoms with E-state index in [2.05, 4.69) is 45.9 Å². The van der Waals surface area contributed by atoms with Crippen molar-refractivity contribution >= 4 is 5.97 Å². The van der Waals surface area contributed by atoms with Crippen LogP contribution in [0.1, 0.15) is 57.6 Å². The average molecular weight is 312 g/mol. The molecular formula is C21H28O2. The number of carbonyl (C=O) groups is 1. The molecule has 124 valence electrons. The zero-order chi connectivity index (χ0) is 16.6. The van der Waals surface area contributed by atoms with Crippen LogP contribution in [0.5, 0.6) is 0 Å². The Morgan fingerprint density at radius 2 is 1.96 bits per heavy atom. The summed E-state index contributed by atoms with van der Waals surface area (Å²) in [7, 11) is 0. The first-order valence-electron chi connectivity index (χ1n) is 8.81. The van der Waals surface area contributed by atoms with E-state index in [1.807, 2.05) is 12.1 Å². The molecule has 3 aliphatic rings. The van der Waals surface area contributed by atoms with Crippen molar-refractivity contribution in [1.29, 1.82) is 0 Å². The molecule has 0 radical (unpaired) electrons. The summed E-state index contributed by atoms with van der Waals surface area (Å²) in [6.45, 7) is 9.51. The van der Waals surface area contributed by atoms with E-state index in [1.54, 1.807) is 0 Å². The van der Waals surface area contributed by atoms with Gasteiger partial charge in [0.25, 0.3) is 0 Å². The quantitative estimate of drug-likeness (QED) is 0.571. The van der Waals surface area contributed by atoms with Crippen molar-refractivity contribution in [1.82, 2.24) is 0 Å². The average Bonchev–Trinajstić information content (AvgIpc) is 2.53. The van der Waals surface area contributed by atoms with E-state index in [0.29, 0.717) is 30.3 Å². The van der Waals surface area contributed by atoms with Gasteiger partial charge in [0.05, 0.1) is 6.42 Å². The van der Waals surface area contributed by atoms with Gasteiger partial charge < -0.3 is 4.74 Å². The number of benzene rings is 1. The lowest BCUT2D eigenvalue weighted by atomic mass is 9.49. The van der Waals surface area contributed by atoms with E-state index < -0.39 is 0 Å². The summed E-state index contributed by atoms with van der Waals surface area (Å²) >= 11 is 0. The van der Waals surface area contributed by atoms with Crippen molar-refractivity contribution in [3.05, 3.63) is 47.0 Å². The van der Waals surface area contributed by atoms with Crippen LogP contribution in [-0.4, -0.2) is 12.6 Å². The molecule has 0 spiro atoms. The van der Waals surface area contributed by atoms with Gasteiger partial charge in [0, 0.05) is 0 Å². The molecule has 0 aliphatic heterocycles. The maximum absolute atomic E-state index is 12.1. The number of ether oxygens (including phenoxy) is 1. The standard InChI is InChI=1S/C21H28O2/c1-14(2)16-7-5-15(6-8-16)11-20(22)23-13-17-9-10-18-12-19(17)21(18,3)4/h5-9,14,18-19H,10-13H2,1-4H3. The Hall–Kier alpha value is -1.57. The molecule has 0 amide bonds. The van der Waals surface area contributed by atoms with Crippen LogP contribution in [0.3, 0.4) is 0 Å². The van der Waals surface area contributed by atoms with E-state index in [4.69, 9.17) is 4.74 Å². The third-order valence-corrected chi connectivity index (χ3v) is 5.98. The number of hydrogen-bond donors (Lipinski definition) is 0. The van der Waals surface area contributed by atoms with Gasteiger partial charge in [-0.2, -0.15) is 0 Å². The Bertz CT molecular complexity index is 607. The Morgan fingerprint density at radius 3 is 2.52 bits per heavy atom. The van der Waals surface area contributed by atoms with Crippen LogP contribution >= 0.6 is 0 Å². The van der Waals surface area contributed by atoms with Gasteiger partial charge in [-0.15, -0.1) is 0 Å². The molecule has 2 unspecified atom stereocenters. The molecule has 2 atom stereocenters. The highest BCUT2D eigenvalue weighted by Crippen LogP contribution is 2.59. The fourth-order valence-electron chi connectivity index (χ4n) is 4.04. The van der Waals surface area contributed by atoms with Crippen LogP contribution in [-0.2, 0) is 16.0 Å². The number of carbonyl (C=O) groups excluding carboxylic acids is 1. The second kappa shape index (κ2) is 6.14.